The molecule has 2 saturated heterocycles. The predicted octanol–water partition coefficient (Wildman–Crippen LogP) is 1.11. The molecule has 0 bridgehead atoms. The number of carbonyl (C=O) groups excluding carboxylic acids is 1. The van der Waals surface area contributed by atoms with Crippen molar-refractivity contribution in [2.45, 2.75) is 38.5 Å². The van der Waals surface area contributed by atoms with E-state index >= 15 is 0 Å². The summed E-state index contributed by atoms with van der Waals surface area (Å²) in [6.45, 7) is 5.54. The molecule has 0 aliphatic carbocycles. The second kappa shape index (κ2) is 8.11. The maximum Gasteiger partial charge on any atom is 0.223 e. The van der Waals surface area contributed by atoms with Crippen molar-refractivity contribution in [3.8, 4) is 0 Å². The highest BCUT2D eigenvalue weighted by molar-refractivity contribution is 5.76. The van der Waals surface area contributed by atoms with Crippen LogP contribution in [0.3, 0.4) is 0 Å². The zero-order chi connectivity index (χ0) is 15.1. The van der Waals surface area contributed by atoms with Gasteiger partial charge in [-0.3, -0.25) is 4.79 Å². The average Bonchev–Trinajstić information content (AvgIpc) is 3.05. The summed E-state index contributed by atoms with van der Waals surface area (Å²) in [7, 11) is 1.71. The third-order valence-electron chi connectivity index (χ3n) is 5.01. The van der Waals surface area contributed by atoms with E-state index in [2.05, 4.69) is 4.90 Å². The van der Waals surface area contributed by atoms with Gasteiger partial charge in [-0.15, -0.1) is 0 Å². The number of piperidine rings is 1. The fourth-order valence-electron chi connectivity index (χ4n) is 3.61. The summed E-state index contributed by atoms with van der Waals surface area (Å²) in [6, 6.07) is 0. The summed E-state index contributed by atoms with van der Waals surface area (Å²) in [6.07, 6.45) is 5.98. The first-order chi connectivity index (χ1) is 10.2. The molecule has 2 aliphatic rings. The Hall–Kier alpha value is -0.650. The number of hydrogen-bond acceptors (Lipinski definition) is 4. The zero-order valence-electron chi connectivity index (χ0n) is 13.4. The Morgan fingerprint density at radius 1 is 1.24 bits per heavy atom. The largest absolute Gasteiger partial charge is 0.396 e. The molecule has 0 aromatic rings. The fourth-order valence-corrected chi connectivity index (χ4v) is 3.61. The van der Waals surface area contributed by atoms with Gasteiger partial charge in [0.15, 0.2) is 0 Å². The van der Waals surface area contributed by atoms with Gasteiger partial charge in [0.2, 0.25) is 5.91 Å². The number of rotatable bonds is 7. The SMILES string of the molecule is COCC[C@]1(CO)CCCN(CCC(=O)N2CCCC2)C1. The van der Waals surface area contributed by atoms with Crippen LogP contribution in [-0.2, 0) is 9.53 Å². The molecule has 122 valence electrons. The quantitative estimate of drug-likeness (QED) is 0.765. The van der Waals surface area contributed by atoms with E-state index in [9.17, 15) is 9.90 Å². The summed E-state index contributed by atoms with van der Waals surface area (Å²) in [4.78, 5) is 16.5. The molecule has 2 aliphatic heterocycles. The molecule has 0 spiro atoms. The van der Waals surface area contributed by atoms with Crippen molar-refractivity contribution < 1.29 is 14.6 Å². The van der Waals surface area contributed by atoms with Crippen molar-refractivity contribution in [2.24, 2.45) is 5.41 Å². The van der Waals surface area contributed by atoms with Crippen LogP contribution >= 0.6 is 0 Å². The van der Waals surface area contributed by atoms with Crippen molar-refractivity contribution in [3.05, 3.63) is 0 Å². The van der Waals surface area contributed by atoms with Gasteiger partial charge in [0.05, 0.1) is 6.61 Å². The Balaban J connectivity index is 1.78. The van der Waals surface area contributed by atoms with Crippen LogP contribution in [-0.4, -0.2) is 73.9 Å². The summed E-state index contributed by atoms with van der Waals surface area (Å²) < 4.78 is 5.18. The van der Waals surface area contributed by atoms with Crippen LogP contribution in [0.25, 0.3) is 0 Å². The van der Waals surface area contributed by atoms with Crippen molar-refractivity contribution in [1.82, 2.24) is 9.80 Å². The molecule has 0 unspecified atom stereocenters. The second-order valence-corrected chi connectivity index (χ2v) is 6.62. The summed E-state index contributed by atoms with van der Waals surface area (Å²) in [5, 5.41) is 9.78. The molecule has 0 radical (unpaired) electrons. The molecule has 2 heterocycles. The standard InChI is InChI=1S/C16H30N2O3/c1-21-12-7-16(14-19)6-4-8-17(13-16)11-5-15(20)18-9-2-3-10-18/h19H,2-14H2,1H3/t16-/m1/s1. The smallest absolute Gasteiger partial charge is 0.223 e. The maximum absolute atomic E-state index is 12.1. The van der Waals surface area contributed by atoms with Crippen LogP contribution in [0.15, 0.2) is 0 Å². The molecule has 5 nitrogen and oxygen atoms in total. The van der Waals surface area contributed by atoms with Crippen LogP contribution in [0.2, 0.25) is 0 Å². The highest BCUT2D eigenvalue weighted by atomic mass is 16.5. The zero-order valence-corrected chi connectivity index (χ0v) is 13.4. The predicted molar refractivity (Wildman–Crippen MR) is 82.1 cm³/mol. The van der Waals surface area contributed by atoms with E-state index < -0.39 is 0 Å². The molecule has 1 atom stereocenters. The average molecular weight is 298 g/mol. The lowest BCUT2D eigenvalue weighted by atomic mass is 9.78. The van der Waals surface area contributed by atoms with Gasteiger partial charge in [-0.1, -0.05) is 0 Å². The molecule has 1 amide bonds. The van der Waals surface area contributed by atoms with Gasteiger partial charge in [0, 0.05) is 51.7 Å². The summed E-state index contributed by atoms with van der Waals surface area (Å²) in [5.74, 6) is 0.296. The molecule has 2 rings (SSSR count). The first kappa shape index (κ1) is 16.7. The van der Waals surface area contributed by atoms with Crippen molar-refractivity contribution in [2.75, 3.05) is 53.0 Å². The van der Waals surface area contributed by atoms with Crippen molar-refractivity contribution >= 4 is 5.91 Å². The minimum atomic E-state index is -0.0368. The number of amides is 1. The maximum atomic E-state index is 12.1. The van der Waals surface area contributed by atoms with Gasteiger partial charge in [-0.05, 0) is 38.6 Å². The van der Waals surface area contributed by atoms with Crippen LogP contribution in [0.1, 0.15) is 38.5 Å². The normalized spacial score (nSPS) is 27.2. The van der Waals surface area contributed by atoms with Gasteiger partial charge in [-0.2, -0.15) is 0 Å². The monoisotopic (exact) mass is 298 g/mol. The van der Waals surface area contributed by atoms with E-state index in [1.165, 1.54) is 0 Å². The van der Waals surface area contributed by atoms with E-state index in [4.69, 9.17) is 4.74 Å². The molecule has 21 heavy (non-hydrogen) atoms. The third-order valence-corrected chi connectivity index (χ3v) is 5.01. The molecule has 0 aromatic carbocycles. The van der Waals surface area contributed by atoms with Gasteiger partial charge >= 0.3 is 0 Å². The van der Waals surface area contributed by atoms with Gasteiger partial charge in [0.25, 0.3) is 0 Å². The lowest BCUT2D eigenvalue weighted by Crippen LogP contribution is -2.47. The van der Waals surface area contributed by atoms with Gasteiger partial charge in [-0.25, -0.2) is 0 Å². The van der Waals surface area contributed by atoms with E-state index in [1.54, 1.807) is 7.11 Å². The second-order valence-electron chi connectivity index (χ2n) is 6.62. The number of methoxy groups -OCH3 is 1. The topological polar surface area (TPSA) is 53.0 Å². The summed E-state index contributed by atoms with van der Waals surface area (Å²) >= 11 is 0. The molecule has 1 N–H and O–H groups in total. The molecule has 2 fully saturated rings. The van der Waals surface area contributed by atoms with Crippen LogP contribution < -0.4 is 0 Å². The van der Waals surface area contributed by atoms with E-state index in [0.29, 0.717) is 18.9 Å². The van der Waals surface area contributed by atoms with Crippen LogP contribution in [0.4, 0.5) is 0 Å². The Morgan fingerprint density at radius 3 is 2.67 bits per heavy atom. The van der Waals surface area contributed by atoms with Gasteiger partial charge < -0.3 is 19.6 Å². The van der Waals surface area contributed by atoms with Crippen LogP contribution in [0.5, 0.6) is 0 Å². The first-order valence-corrected chi connectivity index (χ1v) is 8.29. The fraction of sp³-hybridized carbons (Fsp3) is 0.938. The van der Waals surface area contributed by atoms with E-state index in [1.807, 2.05) is 4.90 Å². The highest BCUT2D eigenvalue weighted by Crippen LogP contribution is 2.33. The van der Waals surface area contributed by atoms with Crippen LogP contribution in [0, 0.1) is 5.41 Å². The molecule has 0 aromatic heterocycles. The number of carbonyl (C=O) groups is 1. The number of ether oxygens (including phenoxy) is 1. The Kier molecular flexibility index (Phi) is 6.45. The number of likely N-dealkylation sites (tertiary alicyclic amines) is 2. The number of nitrogens with zero attached hydrogens (tertiary/aromatic N) is 2. The molecular formula is C16H30N2O3. The van der Waals surface area contributed by atoms with E-state index in [0.717, 1.165) is 64.8 Å². The number of aliphatic hydroxyl groups excluding tert-OH is 1. The minimum Gasteiger partial charge on any atom is -0.396 e. The minimum absolute atomic E-state index is 0.0368. The number of hydrogen-bond donors (Lipinski definition) is 1. The van der Waals surface area contributed by atoms with Crippen molar-refractivity contribution in [1.29, 1.82) is 0 Å². The van der Waals surface area contributed by atoms with Crippen molar-refractivity contribution in [3.63, 3.8) is 0 Å². The Morgan fingerprint density at radius 2 is 2.00 bits per heavy atom. The lowest BCUT2D eigenvalue weighted by molar-refractivity contribution is -0.130. The third kappa shape index (κ3) is 4.66. The molecular weight excluding hydrogens is 268 g/mol. The lowest BCUT2D eigenvalue weighted by Gasteiger charge is -2.42. The van der Waals surface area contributed by atoms with E-state index in [-0.39, 0.29) is 12.0 Å². The number of aliphatic hydroxyl groups is 1. The molecule has 5 heteroatoms. The highest BCUT2D eigenvalue weighted by Gasteiger charge is 2.34. The Labute approximate surface area is 128 Å². The Bertz CT molecular complexity index is 331. The molecule has 0 saturated carbocycles. The van der Waals surface area contributed by atoms with Gasteiger partial charge in [0.1, 0.15) is 0 Å². The first-order valence-electron chi connectivity index (χ1n) is 8.29. The summed E-state index contributed by atoms with van der Waals surface area (Å²) in [5.41, 5.74) is -0.0368.